The van der Waals surface area contributed by atoms with E-state index in [2.05, 4.69) is 24.1 Å². The third-order valence-electron chi connectivity index (χ3n) is 3.09. The highest BCUT2D eigenvalue weighted by molar-refractivity contribution is 6.31. The Morgan fingerprint density at radius 2 is 2.33 bits per heavy atom. The predicted octanol–water partition coefficient (Wildman–Crippen LogP) is 3.55. The number of rotatable bonds is 7. The van der Waals surface area contributed by atoms with Crippen LogP contribution in [0.1, 0.15) is 45.1 Å². The molecule has 0 bridgehead atoms. The second-order valence-electron chi connectivity index (χ2n) is 4.99. The Labute approximate surface area is 114 Å². The van der Waals surface area contributed by atoms with Crippen molar-refractivity contribution < 1.29 is 4.74 Å². The minimum atomic E-state index is 0.202. The highest BCUT2D eigenvalue weighted by Crippen LogP contribution is 2.23. The van der Waals surface area contributed by atoms with E-state index in [9.17, 15) is 0 Å². The van der Waals surface area contributed by atoms with Crippen molar-refractivity contribution >= 4 is 11.6 Å². The van der Waals surface area contributed by atoms with Crippen LogP contribution in [0.15, 0.2) is 12.3 Å². The lowest BCUT2D eigenvalue weighted by molar-refractivity contribution is 0.201. The van der Waals surface area contributed by atoms with Gasteiger partial charge in [0.05, 0.1) is 11.1 Å². The number of pyridine rings is 1. The van der Waals surface area contributed by atoms with E-state index in [4.69, 9.17) is 16.3 Å². The molecule has 1 N–H and O–H groups in total. The average molecular weight is 269 g/mol. The summed E-state index contributed by atoms with van der Waals surface area (Å²) >= 11 is 6.14. The number of hydrogen-bond donors (Lipinski definition) is 1. The van der Waals surface area contributed by atoms with Gasteiger partial charge in [0.2, 0.25) is 5.88 Å². The number of ether oxygens (including phenoxy) is 1. The van der Waals surface area contributed by atoms with Gasteiger partial charge in [0.25, 0.3) is 0 Å². The maximum Gasteiger partial charge on any atom is 0.213 e. The van der Waals surface area contributed by atoms with E-state index in [1.807, 2.05) is 6.07 Å². The van der Waals surface area contributed by atoms with Crippen LogP contribution in [0.3, 0.4) is 0 Å². The molecule has 100 valence electrons. The van der Waals surface area contributed by atoms with Crippen LogP contribution in [0.4, 0.5) is 0 Å². The van der Waals surface area contributed by atoms with Gasteiger partial charge in [-0.15, -0.1) is 0 Å². The zero-order chi connectivity index (χ0) is 13.0. The van der Waals surface area contributed by atoms with Crippen LogP contribution < -0.4 is 10.1 Å². The molecule has 4 heteroatoms. The zero-order valence-corrected chi connectivity index (χ0v) is 11.8. The summed E-state index contributed by atoms with van der Waals surface area (Å²) in [5.41, 5.74) is 1.07. The van der Waals surface area contributed by atoms with Gasteiger partial charge in [-0.2, -0.15) is 0 Å². The Morgan fingerprint density at radius 1 is 1.56 bits per heavy atom. The van der Waals surface area contributed by atoms with Crippen molar-refractivity contribution in [3.8, 4) is 5.88 Å². The molecule has 0 spiro atoms. The van der Waals surface area contributed by atoms with Gasteiger partial charge in [0, 0.05) is 24.8 Å². The van der Waals surface area contributed by atoms with Gasteiger partial charge in [0.1, 0.15) is 0 Å². The highest BCUT2D eigenvalue weighted by atomic mass is 35.5. The molecule has 1 unspecified atom stereocenters. The summed E-state index contributed by atoms with van der Waals surface area (Å²) in [4.78, 5) is 4.22. The average Bonchev–Trinajstić information content (AvgIpc) is 3.14. The summed E-state index contributed by atoms with van der Waals surface area (Å²) in [6.45, 7) is 5.02. The van der Waals surface area contributed by atoms with Gasteiger partial charge in [-0.05, 0) is 31.7 Å². The quantitative estimate of drug-likeness (QED) is 0.821. The lowest BCUT2D eigenvalue weighted by atomic mass is 10.2. The highest BCUT2D eigenvalue weighted by Gasteiger charge is 2.20. The van der Waals surface area contributed by atoms with E-state index in [1.54, 1.807) is 6.20 Å². The molecule has 2 rings (SSSR count). The summed E-state index contributed by atoms with van der Waals surface area (Å²) in [7, 11) is 0. The molecule has 1 atom stereocenters. The van der Waals surface area contributed by atoms with Crippen molar-refractivity contribution in [3.63, 3.8) is 0 Å². The van der Waals surface area contributed by atoms with Crippen LogP contribution in [-0.2, 0) is 6.54 Å². The number of nitrogens with one attached hydrogen (secondary N) is 1. The largest absolute Gasteiger partial charge is 0.475 e. The molecule has 18 heavy (non-hydrogen) atoms. The molecule has 0 amide bonds. The second-order valence-corrected chi connectivity index (χ2v) is 5.39. The topological polar surface area (TPSA) is 34.1 Å². The number of nitrogens with zero attached hydrogens (tertiary/aromatic N) is 1. The summed E-state index contributed by atoms with van der Waals surface area (Å²) in [6.07, 6.45) is 6.59. The minimum absolute atomic E-state index is 0.202. The lowest BCUT2D eigenvalue weighted by Gasteiger charge is -2.14. The van der Waals surface area contributed by atoms with E-state index >= 15 is 0 Å². The molecule has 0 saturated heterocycles. The fourth-order valence-electron chi connectivity index (χ4n) is 1.87. The summed E-state index contributed by atoms with van der Waals surface area (Å²) < 4.78 is 5.78. The van der Waals surface area contributed by atoms with E-state index in [0.29, 0.717) is 16.9 Å². The molecule has 1 aliphatic rings. The third-order valence-corrected chi connectivity index (χ3v) is 3.43. The molecular formula is C14H21ClN2O. The molecule has 1 saturated carbocycles. The lowest BCUT2D eigenvalue weighted by Crippen LogP contribution is -2.16. The maximum absolute atomic E-state index is 6.14. The van der Waals surface area contributed by atoms with Crippen LogP contribution in [0.2, 0.25) is 5.02 Å². The first kappa shape index (κ1) is 13.6. The van der Waals surface area contributed by atoms with E-state index in [1.165, 1.54) is 12.8 Å². The molecule has 1 aromatic rings. The predicted molar refractivity (Wildman–Crippen MR) is 74.1 cm³/mol. The first-order valence-electron chi connectivity index (χ1n) is 6.73. The first-order chi connectivity index (χ1) is 8.69. The van der Waals surface area contributed by atoms with Crippen LogP contribution in [0.25, 0.3) is 0 Å². The Balaban J connectivity index is 1.95. The molecule has 1 aliphatic carbocycles. The Hall–Kier alpha value is -0.800. The zero-order valence-electron chi connectivity index (χ0n) is 11.1. The fourth-order valence-corrected chi connectivity index (χ4v) is 2.04. The van der Waals surface area contributed by atoms with Crippen molar-refractivity contribution in [2.24, 2.45) is 0 Å². The molecule has 0 aliphatic heterocycles. The van der Waals surface area contributed by atoms with Gasteiger partial charge in [-0.25, -0.2) is 4.98 Å². The number of hydrogen-bond acceptors (Lipinski definition) is 3. The molecule has 1 aromatic heterocycles. The number of halogens is 1. The van der Waals surface area contributed by atoms with Crippen LogP contribution >= 0.6 is 11.6 Å². The molecule has 0 aromatic carbocycles. The van der Waals surface area contributed by atoms with Crippen molar-refractivity contribution in [1.82, 2.24) is 10.3 Å². The van der Waals surface area contributed by atoms with E-state index < -0.39 is 0 Å². The Bertz CT molecular complexity index is 393. The monoisotopic (exact) mass is 268 g/mol. The minimum Gasteiger partial charge on any atom is -0.475 e. The number of aromatic nitrogens is 1. The fraction of sp³-hybridized carbons (Fsp3) is 0.643. The van der Waals surface area contributed by atoms with Gasteiger partial charge in [-0.1, -0.05) is 24.9 Å². The summed E-state index contributed by atoms with van der Waals surface area (Å²) in [5, 5.41) is 4.16. The Kier molecular flexibility index (Phi) is 4.84. The van der Waals surface area contributed by atoms with Crippen molar-refractivity contribution in [1.29, 1.82) is 0 Å². The first-order valence-corrected chi connectivity index (χ1v) is 7.11. The third kappa shape index (κ3) is 4.14. The molecule has 3 nitrogen and oxygen atoms in total. The van der Waals surface area contributed by atoms with Gasteiger partial charge in [-0.3, -0.25) is 0 Å². The molecule has 0 radical (unpaired) electrons. The smallest absolute Gasteiger partial charge is 0.213 e. The standard InChI is InChI=1S/C14H21ClN2O/c1-3-4-10(2)18-14-7-11(13(15)9-17-14)8-16-12-5-6-12/h7,9-10,12,16H,3-6,8H2,1-2H3. The molecular weight excluding hydrogens is 248 g/mol. The van der Waals surface area contributed by atoms with Crippen molar-refractivity contribution in [2.45, 2.75) is 58.2 Å². The summed E-state index contributed by atoms with van der Waals surface area (Å²) in [6, 6.07) is 2.63. The summed E-state index contributed by atoms with van der Waals surface area (Å²) in [5.74, 6) is 0.674. The normalized spacial score (nSPS) is 16.6. The second kappa shape index (κ2) is 6.39. The van der Waals surface area contributed by atoms with E-state index in [-0.39, 0.29) is 6.10 Å². The van der Waals surface area contributed by atoms with E-state index in [0.717, 1.165) is 24.9 Å². The van der Waals surface area contributed by atoms with Gasteiger partial charge < -0.3 is 10.1 Å². The van der Waals surface area contributed by atoms with Crippen molar-refractivity contribution in [3.05, 3.63) is 22.8 Å². The van der Waals surface area contributed by atoms with Crippen molar-refractivity contribution in [2.75, 3.05) is 0 Å². The van der Waals surface area contributed by atoms with Crippen LogP contribution in [0, 0.1) is 0 Å². The maximum atomic E-state index is 6.14. The molecule has 1 heterocycles. The Morgan fingerprint density at radius 3 is 3.00 bits per heavy atom. The van der Waals surface area contributed by atoms with Gasteiger partial charge >= 0.3 is 0 Å². The van der Waals surface area contributed by atoms with Gasteiger partial charge in [0.15, 0.2) is 0 Å². The van der Waals surface area contributed by atoms with Crippen LogP contribution in [0.5, 0.6) is 5.88 Å². The SMILES string of the molecule is CCCC(C)Oc1cc(CNC2CC2)c(Cl)cn1. The van der Waals surface area contributed by atoms with Crippen LogP contribution in [-0.4, -0.2) is 17.1 Å². The molecule has 1 fully saturated rings.